The lowest BCUT2D eigenvalue weighted by Crippen LogP contribution is -2.29. The summed E-state index contributed by atoms with van der Waals surface area (Å²) in [5.74, 6) is 0. The molecule has 0 aliphatic heterocycles. The lowest BCUT2D eigenvalue weighted by atomic mass is 10.4. The Morgan fingerprint density at radius 3 is 1.55 bits per heavy atom. The summed E-state index contributed by atoms with van der Waals surface area (Å²) in [6.45, 7) is 6.98. The maximum atomic E-state index is 12.9. The number of halogens is 1. The number of rotatable bonds is 4. The molecule has 0 aliphatic rings. The topological polar surface area (TPSA) is 41.1 Å². The molecule has 0 amide bonds. The molecule has 68 valence electrons. The predicted molar refractivity (Wildman–Crippen MR) is 45.3 cm³/mol. The van der Waals surface area contributed by atoms with Crippen LogP contribution >= 0.6 is 7.75 Å². The number of nitrogens with one attached hydrogen (secondary N) is 2. The molecule has 2 N–H and O–H groups in total. The Morgan fingerprint density at radius 1 is 1.09 bits per heavy atom. The van der Waals surface area contributed by atoms with Crippen LogP contribution in [-0.4, -0.2) is 12.1 Å². The van der Waals surface area contributed by atoms with Gasteiger partial charge in [-0.3, -0.25) is 4.57 Å². The predicted octanol–water partition coefficient (Wildman–Crippen LogP) is 2.06. The Bertz CT molecular complexity index is 147. The minimum absolute atomic E-state index is 0.114. The van der Waals surface area contributed by atoms with Crippen molar-refractivity contribution in [2.24, 2.45) is 0 Å². The van der Waals surface area contributed by atoms with Crippen LogP contribution in [0.15, 0.2) is 0 Å². The van der Waals surface area contributed by atoms with Crippen molar-refractivity contribution in [3.8, 4) is 0 Å². The van der Waals surface area contributed by atoms with Gasteiger partial charge in [0.25, 0.3) is 0 Å². The summed E-state index contributed by atoms with van der Waals surface area (Å²) in [7, 11) is -3.80. The third kappa shape index (κ3) is 6.48. The van der Waals surface area contributed by atoms with Crippen molar-refractivity contribution in [1.82, 2.24) is 10.2 Å². The maximum Gasteiger partial charge on any atom is 0.378 e. The quantitative estimate of drug-likeness (QED) is 0.654. The minimum atomic E-state index is -3.80. The fraction of sp³-hybridized carbons (Fsp3) is 1.00. The minimum Gasteiger partial charge on any atom is -0.251 e. The molecule has 0 heterocycles. The van der Waals surface area contributed by atoms with Gasteiger partial charge >= 0.3 is 7.75 Å². The normalized spacial score (nSPS) is 13.0. The van der Waals surface area contributed by atoms with Gasteiger partial charge in [0.2, 0.25) is 0 Å². The van der Waals surface area contributed by atoms with E-state index in [0.717, 1.165) is 0 Å². The molecule has 0 aliphatic carbocycles. The van der Waals surface area contributed by atoms with Crippen LogP contribution in [0.4, 0.5) is 4.20 Å². The first kappa shape index (κ1) is 11.1. The van der Waals surface area contributed by atoms with Crippen molar-refractivity contribution in [2.75, 3.05) is 0 Å². The highest BCUT2D eigenvalue weighted by molar-refractivity contribution is 7.54. The van der Waals surface area contributed by atoms with Gasteiger partial charge in [0, 0.05) is 12.1 Å². The average molecular weight is 182 g/mol. The van der Waals surface area contributed by atoms with Crippen LogP contribution in [0.2, 0.25) is 0 Å². The van der Waals surface area contributed by atoms with Gasteiger partial charge in [-0.1, -0.05) is 0 Å². The summed E-state index contributed by atoms with van der Waals surface area (Å²) in [6, 6.07) is -0.228. The largest absolute Gasteiger partial charge is 0.378 e. The third-order valence-electron chi connectivity index (χ3n) is 0.848. The van der Waals surface area contributed by atoms with Crippen LogP contribution in [0, 0.1) is 0 Å². The van der Waals surface area contributed by atoms with Gasteiger partial charge in [-0.2, -0.15) is 4.20 Å². The first-order valence-corrected chi connectivity index (χ1v) is 5.28. The lowest BCUT2D eigenvalue weighted by Gasteiger charge is -2.16. The molecule has 0 aromatic rings. The summed E-state index contributed by atoms with van der Waals surface area (Å²) in [5, 5.41) is 4.66. The number of hydrogen-bond acceptors (Lipinski definition) is 1. The van der Waals surface area contributed by atoms with Gasteiger partial charge in [-0.15, -0.1) is 0 Å². The zero-order valence-electron chi connectivity index (χ0n) is 7.39. The third-order valence-corrected chi connectivity index (χ3v) is 2.55. The van der Waals surface area contributed by atoms with Gasteiger partial charge in [0.15, 0.2) is 0 Å². The smallest absolute Gasteiger partial charge is 0.251 e. The Labute approximate surface area is 67.4 Å². The van der Waals surface area contributed by atoms with Crippen LogP contribution in [0.5, 0.6) is 0 Å². The summed E-state index contributed by atoms with van der Waals surface area (Å²) in [6.07, 6.45) is 0. The highest BCUT2D eigenvalue weighted by Gasteiger charge is 2.21. The summed E-state index contributed by atoms with van der Waals surface area (Å²) < 4.78 is 23.9. The van der Waals surface area contributed by atoms with Crippen LogP contribution in [0.25, 0.3) is 0 Å². The summed E-state index contributed by atoms with van der Waals surface area (Å²) in [4.78, 5) is 0. The first-order valence-electron chi connectivity index (χ1n) is 3.69. The van der Waals surface area contributed by atoms with E-state index in [-0.39, 0.29) is 12.1 Å². The van der Waals surface area contributed by atoms with E-state index in [1.165, 1.54) is 0 Å². The molecule has 5 heteroatoms. The van der Waals surface area contributed by atoms with E-state index in [2.05, 4.69) is 10.2 Å². The van der Waals surface area contributed by atoms with Crippen molar-refractivity contribution < 1.29 is 8.76 Å². The molecule has 0 saturated carbocycles. The van der Waals surface area contributed by atoms with Crippen molar-refractivity contribution in [3.05, 3.63) is 0 Å². The molecular weight excluding hydrogens is 166 g/mol. The van der Waals surface area contributed by atoms with Gasteiger partial charge in [0.05, 0.1) is 0 Å². The van der Waals surface area contributed by atoms with Gasteiger partial charge in [0.1, 0.15) is 0 Å². The zero-order chi connectivity index (χ0) is 9.07. The van der Waals surface area contributed by atoms with Gasteiger partial charge < -0.3 is 0 Å². The Hall–Kier alpha value is 0.0800. The highest BCUT2D eigenvalue weighted by Crippen LogP contribution is 2.38. The molecule has 3 nitrogen and oxygen atoms in total. The molecule has 0 spiro atoms. The second kappa shape index (κ2) is 4.19. The molecule has 11 heavy (non-hydrogen) atoms. The fourth-order valence-electron chi connectivity index (χ4n) is 0.701. The first-order chi connectivity index (χ1) is 4.83. The molecule has 0 unspecified atom stereocenters. The molecule has 0 fully saturated rings. The van der Waals surface area contributed by atoms with Crippen LogP contribution in [0.3, 0.4) is 0 Å². The SMILES string of the molecule is CC(C)NP(=O)(F)NC(C)C. The van der Waals surface area contributed by atoms with E-state index in [1.807, 2.05) is 0 Å². The molecule has 0 atom stereocenters. The highest BCUT2D eigenvalue weighted by atomic mass is 31.2. The molecule has 0 rings (SSSR count). The van der Waals surface area contributed by atoms with E-state index >= 15 is 0 Å². The van der Waals surface area contributed by atoms with E-state index in [1.54, 1.807) is 27.7 Å². The molecule has 0 aromatic heterocycles. The van der Waals surface area contributed by atoms with Crippen LogP contribution < -0.4 is 10.2 Å². The summed E-state index contributed by atoms with van der Waals surface area (Å²) in [5.41, 5.74) is 0. The standard InChI is InChI=1S/C6H16FN2OP/c1-5(2)8-11(7,10)9-6(3)4/h5-6H,1-4H3,(H2,8,9,10). The maximum absolute atomic E-state index is 12.9. The zero-order valence-corrected chi connectivity index (χ0v) is 8.28. The van der Waals surface area contributed by atoms with E-state index in [0.29, 0.717) is 0 Å². The molecule has 0 aromatic carbocycles. The van der Waals surface area contributed by atoms with Crippen molar-refractivity contribution in [3.63, 3.8) is 0 Å². The fourth-order valence-corrected chi connectivity index (χ4v) is 2.10. The van der Waals surface area contributed by atoms with Gasteiger partial charge in [-0.05, 0) is 27.7 Å². The lowest BCUT2D eigenvalue weighted by molar-refractivity contribution is 0.492. The van der Waals surface area contributed by atoms with Crippen LogP contribution in [-0.2, 0) is 4.57 Å². The Kier molecular flexibility index (Phi) is 4.22. The van der Waals surface area contributed by atoms with E-state index < -0.39 is 7.75 Å². The second-order valence-corrected chi connectivity index (χ2v) is 4.68. The molecule has 0 bridgehead atoms. The number of hydrogen-bond donors (Lipinski definition) is 2. The van der Waals surface area contributed by atoms with E-state index in [4.69, 9.17) is 0 Å². The van der Waals surface area contributed by atoms with Crippen molar-refractivity contribution >= 4 is 7.75 Å². The summed E-state index contributed by atoms with van der Waals surface area (Å²) >= 11 is 0. The molecular formula is C6H16FN2OP. The average Bonchev–Trinajstić information content (AvgIpc) is 1.53. The second-order valence-electron chi connectivity index (χ2n) is 3.10. The van der Waals surface area contributed by atoms with Crippen LogP contribution in [0.1, 0.15) is 27.7 Å². The molecule has 0 radical (unpaired) electrons. The van der Waals surface area contributed by atoms with E-state index in [9.17, 15) is 8.76 Å². The monoisotopic (exact) mass is 182 g/mol. The van der Waals surface area contributed by atoms with Crippen molar-refractivity contribution in [2.45, 2.75) is 39.8 Å². The van der Waals surface area contributed by atoms with Crippen molar-refractivity contribution in [1.29, 1.82) is 0 Å². The Morgan fingerprint density at radius 2 is 1.36 bits per heavy atom. The molecule has 0 saturated heterocycles. The Balaban J connectivity index is 3.91. The van der Waals surface area contributed by atoms with Gasteiger partial charge in [-0.25, -0.2) is 10.2 Å².